The van der Waals surface area contributed by atoms with Gasteiger partial charge >= 0.3 is 68.9 Å². The van der Waals surface area contributed by atoms with Gasteiger partial charge in [0.25, 0.3) is 15.4 Å². The number of fused-ring (bicyclic) bond motifs is 1. The van der Waals surface area contributed by atoms with E-state index in [0.717, 1.165) is 5.56 Å². The van der Waals surface area contributed by atoms with Gasteiger partial charge in [-0.1, -0.05) is 30.3 Å². The summed E-state index contributed by atoms with van der Waals surface area (Å²) in [6, 6.07) is 9.20. The van der Waals surface area contributed by atoms with Gasteiger partial charge in [-0.15, -0.1) is 10.2 Å². The number of benzene rings is 1. The first-order chi connectivity index (χ1) is 10.8. The number of hydrogen-bond donors (Lipinski definition) is 1. The summed E-state index contributed by atoms with van der Waals surface area (Å²) in [6.07, 6.45) is 0. The van der Waals surface area contributed by atoms with Crippen molar-refractivity contribution in [2.75, 3.05) is 0 Å². The summed E-state index contributed by atoms with van der Waals surface area (Å²) in [4.78, 5) is 7.66. The minimum absolute atomic E-state index is 0. The molecule has 1 N–H and O–H groups in total. The maximum absolute atomic E-state index is 10.8. The Morgan fingerprint density at radius 2 is 1.62 bits per heavy atom. The molecule has 0 spiro atoms. The molecular weight excluding hydrogens is 483 g/mol. The second-order valence-electron chi connectivity index (χ2n) is 3.84. The summed E-state index contributed by atoms with van der Waals surface area (Å²) >= 11 is 0. The van der Waals surface area contributed by atoms with Gasteiger partial charge in [0.1, 0.15) is 11.1 Å². The van der Waals surface area contributed by atoms with Gasteiger partial charge < -0.3 is 4.55 Å². The molecule has 0 amide bonds. The first kappa shape index (κ1) is 21.5. The maximum atomic E-state index is 10.8. The van der Waals surface area contributed by atoms with Crippen LogP contribution in [0.25, 0.3) is 11.3 Å². The first-order valence-corrected chi connectivity index (χ1v) is 8.06. The molecule has 0 saturated carbocycles. The van der Waals surface area contributed by atoms with Gasteiger partial charge in [0.2, 0.25) is 15.9 Å². The molecule has 0 bridgehead atoms. The van der Waals surface area contributed by atoms with E-state index in [1.807, 2.05) is 30.3 Å². The summed E-state index contributed by atoms with van der Waals surface area (Å²) in [5.41, 5.74) is 1.41. The fourth-order valence-corrected chi connectivity index (χ4v) is 1.89. The van der Waals surface area contributed by atoms with Crippen molar-refractivity contribution >= 4 is 25.8 Å². The third-order valence-electron chi connectivity index (χ3n) is 2.33. The number of hydrogen-bond acceptors (Lipinski definition) is 8. The normalized spacial score (nSPS) is 11.8. The minimum atomic E-state index is -4.92. The van der Waals surface area contributed by atoms with E-state index in [-0.39, 0.29) is 79.5 Å². The van der Waals surface area contributed by atoms with Crippen LogP contribution in [-0.2, 0) is 20.7 Å². The molecule has 120 valence electrons. The van der Waals surface area contributed by atoms with Crippen molar-refractivity contribution in [3.63, 3.8) is 0 Å². The van der Waals surface area contributed by atoms with Crippen LogP contribution in [0.3, 0.4) is 0 Å². The number of rotatable bonds is 1. The van der Waals surface area contributed by atoms with Gasteiger partial charge in [0.05, 0.1) is 0 Å². The van der Waals surface area contributed by atoms with Crippen molar-refractivity contribution in [2.45, 2.75) is 0 Å². The average Bonchev–Trinajstić information content (AvgIpc) is 2.90. The molecular formula is C10H6CsN5O6S2. The van der Waals surface area contributed by atoms with Crippen molar-refractivity contribution in [3.05, 3.63) is 41.2 Å². The topological polar surface area (TPSA) is 175 Å². The Morgan fingerprint density at radius 1 is 1.04 bits per heavy atom. The molecule has 0 radical (unpaired) electrons. The second kappa shape index (κ2) is 9.23. The molecule has 2 heterocycles. The molecule has 1 aliphatic rings. The van der Waals surface area contributed by atoms with Gasteiger partial charge in [-0.2, -0.15) is 13.4 Å². The van der Waals surface area contributed by atoms with Crippen molar-refractivity contribution in [1.82, 2.24) is 15.4 Å². The molecule has 0 aliphatic carbocycles. The van der Waals surface area contributed by atoms with E-state index >= 15 is 0 Å². The van der Waals surface area contributed by atoms with Crippen LogP contribution in [0.5, 0.6) is 0 Å². The van der Waals surface area contributed by atoms with Gasteiger partial charge in [-0.3, -0.25) is 4.55 Å². The van der Waals surface area contributed by atoms with E-state index < -0.39 is 20.7 Å². The van der Waals surface area contributed by atoms with E-state index in [2.05, 4.69) is 25.4 Å². The Kier molecular flexibility index (Phi) is 8.26. The SMILES string of the molecule is O=S(=O)([O-])O.O=S(=O)=C1N=c2nnnc(-c3ccccc3)c2=N1.[Cs+]. The van der Waals surface area contributed by atoms with Gasteiger partial charge in [0.15, 0.2) is 0 Å². The van der Waals surface area contributed by atoms with Crippen LogP contribution in [-0.4, -0.2) is 46.5 Å². The Morgan fingerprint density at radius 3 is 2.17 bits per heavy atom. The first-order valence-electron chi connectivity index (χ1n) is 5.62. The largest absolute Gasteiger partial charge is 1.00 e. The monoisotopic (exact) mass is 489 g/mol. The number of nitrogens with zero attached hydrogens (tertiary/aromatic N) is 5. The van der Waals surface area contributed by atoms with Gasteiger partial charge in [-0.25, -0.2) is 13.4 Å². The van der Waals surface area contributed by atoms with Crippen LogP contribution < -0.4 is 79.7 Å². The minimum Gasteiger partial charge on any atom is -0.726 e. The predicted molar refractivity (Wildman–Crippen MR) is 73.8 cm³/mol. The third kappa shape index (κ3) is 6.39. The molecule has 0 unspecified atom stereocenters. The van der Waals surface area contributed by atoms with Crippen LogP contribution in [0.2, 0.25) is 0 Å². The molecule has 14 heteroatoms. The van der Waals surface area contributed by atoms with Gasteiger partial charge in [0, 0.05) is 5.56 Å². The van der Waals surface area contributed by atoms with Crippen LogP contribution in [0.15, 0.2) is 40.3 Å². The van der Waals surface area contributed by atoms with E-state index in [0.29, 0.717) is 11.1 Å². The van der Waals surface area contributed by atoms with E-state index in [4.69, 9.17) is 17.5 Å². The predicted octanol–water partition coefficient (Wildman–Crippen LogP) is -5.23. The summed E-state index contributed by atoms with van der Waals surface area (Å²) in [6.45, 7) is 0. The zero-order valence-electron chi connectivity index (χ0n) is 11.9. The van der Waals surface area contributed by atoms with E-state index in [9.17, 15) is 8.42 Å². The standard InChI is InChI=1S/C10H5N5O2S.Cs.H2O4S/c16-18(17)10-11-8-7(6-4-2-1-3-5-6)13-15-14-9(8)12-10;;1-5(2,3)4/h1-5H;;(H2,1,2,3,4)/q;+1;/p-1. The number of aromatic nitrogens is 3. The van der Waals surface area contributed by atoms with Crippen molar-refractivity contribution in [2.24, 2.45) is 9.98 Å². The quantitative estimate of drug-likeness (QED) is 0.233. The molecule has 1 aliphatic heterocycles. The molecule has 1 aromatic carbocycles. The zero-order valence-corrected chi connectivity index (χ0v) is 19.8. The molecule has 1 aromatic heterocycles. The van der Waals surface area contributed by atoms with Crippen LogP contribution in [0.4, 0.5) is 0 Å². The van der Waals surface area contributed by atoms with E-state index in [1.165, 1.54) is 0 Å². The van der Waals surface area contributed by atoms with Crippen molar-refractivity contribution in [1.29, 1.82) is 0 Å². The van der Waals surface area contributed by atoms with Crippen molar-refractivity contribution < 1.29 is 94.8 Å². The molecule has 0 atom stereocenters. The van der Waals surface area contributed by atoms with Crippen LogP contribution in [0, 0.1) is 0 Å². The fourth-order valence-electron chi connectivity index (χ4n) is 1.56. The van der Waals surface area contributed by atoms with E-state index in [1.54, 1.807) is 0 Å². The molecule has 24 heavy (non-hydrogen) atoms. The maximum Gasteiger partial charge on any atom is 1.00 e. The van der Waals surface area contributed by atoms with Crippen LogP contribution >= 0.6 is 0 Å². The Balaban J connectivity index is 0.000000425. The van der Waals surface area contributed by atoms with Crippen LogP contribution in [0.1, 0.15) is 0 Å². The smallest absolute Gasteiger partial charge is 0.726 e. The van der Waals surface area contributed by atoms with Gasteiger partial charge in [-0.05, 0) is 5.21 Å². The summed E-state index contributed by atoms with van der Waals surface area (Å²) in [5, 5.41) is 11.1. The summed E-state index contributed by atoms with van der Waals surface area (Å²) in [7, 11) is -7.41. The fraction of sp³-hybridized carbons (Fsp3) is 0. The second-order valence-corrected chi connectivity index (χ2v) is 5.53. The molecule has 0 fully saturated rings. The Hall–Kier alpha value is -0.558. The molecule has 3 rings (SSSR count). The molecule has 0 saturated heterocycles. The third-order valence-corrected chi connectivity index (χ3v) is 2.81. The van der Waals surface area contributed by atoms with Crippen molar-refractivity contribution in [3.8, 4) is 11.3 Å². The Labute approximate surface area is 195 Å². The summed E-state index contributed by atoms with van der Waals surface area (Å²) < 4.78 is 54.5. The molecule has 2 aromatic rings. The average molecular weight is 489 g/mol. The zero-order chi connectivity index (χ0) is 17.0. The Bertz CT molecular complexity index is 1090. The molecule has 11 nitrogen and oxygen atoms in total. The summed E-state index contributed by atoms with van der Waals surface area (Å²) in [5.74, 6) is 0.